The third kappa shape index (κ3) is 4.00. The number of nitrogens with zero attached hydrogens (tertiary/aromatic N) is 2. The molecule has 6 rings (SSSR count). The minimum absolute atomic E-state index is 0.183. The van der Waals surface area contributed by atoms with Gasteiger partial charge in [-0.2, -0.15) is 5.10 Å². The monoisotopic (exact) mass is 421 g/mol. The van der Waals surface area contributed by atoms with Gasteiger partial charge in [0.2, 0.25) is 0 Å². The van der Waals surface area contributed by atoms with Crippen molar-refractivity contribution in [1.29, 1.82) is 0 Å². The number of carbonyl (C=O) groups is 2. The van der Waals surface area contributed by atoms with Crippen molar-refractivity contribution in [3.05, 3.63) is 52.8 Å². The van der Waals surface area contributed by atoms with E-state index in [0.29, 0.717) is 29.6 Å². The van der Waals surface area contributed by atoms with E-state index in [-0.39, 0.29) is 18.6 Å². The van der Waals surface area contributed by atoms with Crippen molar-refractivity contribution in [2.45, 2.75) is 58.5 Å². The zero-order valence-electron chi connectivity index (χ0n) is 18.3. The van der Waals surface area contributed by atoms with Crippen molar-refractivity contribution in [3.8, 4) is 0 Å². The van der Waals surface area contributed by atoms with Crippen molar-refractivity contribution in [2.24, 2.45) is 23.7 Å². The van der Waals surface area contributed by atoms with Crippen LogP contribution in [0.3, 0.4) is 0 Å². The Morgan fingerprint density at radius 3 is 2.32 bits per heavy atom. The SMILES string of the molecule is Cc1nn(Cc2ccccc2)c(C)c1C(=O)OCC(=O)NC1C2CC3CC(C2)CC1C3. The molecule has 0 unspecified atom stereocenters. The number of aromatic nitrogens is 2. The zero-order valence-corrected chi connectivity index (χ0v) is 18.3. The highest BCUT2D eigenvalue weighted by Gasteiger charge is 2.48. The first kappa shape index (κ1) is 20.3. The highest BCUT2D eigenvalue weighted by Crippen LogP contribution is 2.53. The molecule has 1 aromatic heterocycles. The second kappa shape index (κ2) is 8.13. The average molecular weight is 422 g/mol. The number of esters is 1. The van der Waals surface area contributed by atoms with E-state index in [2.05, 4.69) is 10.4 Å². The smallest absolute Gasteiger partial charge is 0.342 e. The van der Waals surface area contributed by atoms with Crippen LogP contribution in [0.15, 0.2) is 30.3 Å². The normalized spacial score (nSPS) is 28.5. The maximum Gasteiger partial charge on any atom is 0.342 e. The van der Waals surface area contributed by atoms with Crippen LogP contribution in [0.25, 0.3) is 0 Å². The van der Waals surface area contributed by atoms with Gasteiger partial charge in [-0.3, -0.25) is 9.48 Å². The summed E-state index contributed by atoms with van der Waals surface area (Å²) in [5.74, 6) is 2.29. The van der Waals surface area contributed by atoms with Crippen molar-refractivity contribution in [3.63, 3.8) is 0 Å². The van der Waals surface area contributed by atoms with Crippen molar-refractivity contribution in [2.75, 3.05) is 6.61 Å². The number of carbonyl (C=O) groups excluding carboxylic acids is 2. The van der Waals surface area contributed by atoms with Crippen molar-refractivity contribution < 1.29 is 14.3 Å². The second-order valence-corrected chi connectivity index (χ2v) is 9.79. The lowest BCUT2D eigenvalue weighted by atomic mass is 9.54. The molecule has 31 heavy (non-hydrogen) atoms. The minimum atomic E-state index is -0.477. The van der Waals surface area contributed by atoms with Gasteiger partial charge < -0.3 is 10.1 Å². The Morgan fingerprint density at radius 1 is 1.03 bits per heavy atom. The van der Waals surface area contributed by atoms with Crippen LogP contribution in [0.5, 0.6) is 0 Å². The minimum Gasteiger partial charge on any atom is -0.452 e. The summed E-state index contributed by atoms with van der Waals surface area (Å²) < 4.78 is 7.22. The summed E-state index contributed by atoms with van der Waals surface area (Å²) in [6.07, 6.45) is 6.38. The van der Waals surface area contributed by atoms with Crippen LogP contribution in [-0.4, -0.2) is 34.3 Å². The molecule has 4 saturated carbocycles. The van der Waals surface area contributed by atoms with Crippen LogP contribution in [0.4, 0.5) is 0 Å². The van der Waals surface area contributed by atoms with E-state index in [9.17, 15) is 9.59 Å². The molecule has 1 heterocycles. The van der Waals surface area contributed by atoms with Crippen LogP contribution < -0.4 is 5.32 Å². The molecule has 1 N–H and O–H groups in total. The van der Waals surface area contributed by atoms with E-state index in [0.717, 1.165) is 23.1 Å². The summed E-state index contributed by atoms with van der Waals surface area (Å²) >= 11 is 0. The predicted molar refractivity (Wildman–Crippen MR) is 117 cm³/mol. The molecule has 0 radical (unpaired) electrons. The fraction of sp³-hybridized carbons (Fsp3) is 0.560. The molecule has 4 bridgehead atoms. The molecule has 0 spiro atoms. The molecule has 1 amide bonds. The van der Waals surface area contributed by atoms with Crippen LogP contribution in [-0.2, 0) is 16.1 Å². The molecule has 0 atom stereocenters. The Labute approximate surface area is 183 Å². The van der Waals surface area contributed by atoms with Gasteiger partial charge in [0, 0.05) is 6.04 Å². The molecule has 0 aliphatic heterocycles. The first-order chi connectivity index (χ1) is 15.0. The molecular formula is C25H31N3O3. The van der Waals surface area contributed by atoms with Gasteiger partial charge in [-0.05, 0) is 75.2 Å². The molecule has 2 aromatic rings. The average Bonchev–Trinajstić information content (AvgIpc) is 3.02. The fourth-order valence-electron chi connectivity index (χ4n) is 6.49. The Morgan fingerprint density at radius 2 is 1.68 bits per heavy atom. The third-order valence-electron chi connectivity index (χ3n) is 7.65. The van der Waals surface area contributed by atoms with Crippen LogP contribution >= 0.6 is 0 Å². The molecule has 4 aliphatic rings. The lowest BCUT2D eigenvalue weighted by molar-refractivity contribution is -0.128. The molecule has 6 heteroatoms. The van der Waals surface area contributed by atoms with E-state index in [1.807, 2.05) is 41.9 Å². The fourth-order valence-corrected chi connectivity index (χ4v) is 6.49. The van der Waals surface area contributed by atoms with Gasteiger partial charge in [0.05, 0.1) is 17.9 Å². The van der Waals surface area contributed by atoms with Crippen molar-refractivity contribution >= 4 is 11.9 Å². The Balaban J connectivity index is 1.18. The molecular weight excluding hydrogens is 390 g/mol. The van der Waals surface area contributed by atoms with Crippen LogP contribution in [0.1, 0.15) is 59.4 Å². The van der Waals surface area contributed by atoms with E-state index < -0.39 is 5.97 Å². The number of nitrogens with one attached hydrogen (secondary N) is 1. The topological polar surface area (TPSA) is 73.2 Å². The maximum absolute atomic E-state index is 12.7. The van der Waals surface area contributed by atoms with Gasteiger partial charge in [-0.25, -0.2) is 4.79 Å². The number of ether oxygens (including phenoxy) is 1. The highest BCUT2D eigenvalue weighted by molar-refractivity contribution is 5.93. The summed E-state index contributed by atoms with van der Waals surface area (Å²) in [6.45, 7) is 4.03. The Hall–Kier alpha value is -2.63. The van der Waals surface area contributed by atoms with Gasteiger partial charge >= 0.3 is 5.97 Å². The molecule has 164 valence electrons. The molecule has 4 aliphatic carbocycles. The largest absolute Gasteiger partial charge is 0.452 e. The standard InChI is InChI=1S/C25H31N3O3/c1-15-23(16(2)28(27-15)13-17-6-4-3-5-7-17)25(30)31-14-22(29)26-24-20-9-18-8-19(11-20)12-21(24)10-18/h3-7,18-21,24H,8-14H2,1-2H3,(H,26,29). The summed E-state index contributed by atoms with van der Waals surface area (Å²) in [4.78, 5) is 25.3. The third-order valence-corrected chi connectivity index (χ3v) is 7.65. The van der Waals surface area contributed by atoms with E-state index in [1.54, 1.807) is 6.92 Å². The van der Waals surface area contributed by atoms with Crippen LogP contribution in [0.2, 0.25) is 0 Å². The van der Waals surface area contributed by atoms with Gasteiger partial charge in [0.15, 0.2) is 6.61 Å². The van der Waals surface area contributed by atoms with Gasteiger partial charge in [0.25, 0.3) is 5.91 Å². The Bertz CT molecular complexity index is 953. The lowest BCUT2D eigenvalue weighted by Gasteiger charge is -2.54. The number of aryl methyl sites for hydroxylation is 1. The van der Waals surface area contributed by atoms with Gasteiger partial charge in [-0.1, -0.05) is 30.3 Å². The maximum atomic E-state index is 12.7. The molecule has 4 fully saturated rings. The number of hydrogen-bond acceptors (Lipinski definition) is 4. The molecule has 0 saturated heterocycles. The van der Waals surface area contributed by atoms with Gasteiger partial charge in [0.1, 0.15) is 5.56 Å². The summed E-state index contributed by atoms with van der Waals surface area (Å²) in [5.41, 5.74) is 2.95. The Kier molecular flexibility index (Phi) is 5.32. The molecule has 1 aromatic carbocycles. The van der Waals surface area contributed by atoms with E-state index in [4.69, 9.17) is 4.74 Å². The zero-order chi connectivity index (χ0) is 21.5. The van der Waals surface area contributed by atoms with Crippen molar-refractivity contribution in [1.82, 2.24) is 15.1 Å². The van der Waals surface area contributed by atoms with Gasteiger partial charge in [-0.15, -0.1) is 0 Å². The quantitative estimate of drug-likeness (QED) is 0.723. The molecule has 6 nitrogen and oxygen atoms in total. The number of hydrogen-bond donors (Lipinski definition) is 1. The number of rotatable bonds is 6. The summed E-state index contributed by atoms with van der Waals surface area (Å²) in [7, 11) is 0. The summed E-state index contributed by atoms with van der Waals surface area (Å²) in [5, 5.41) is 7.71. The number of amides is 1. The summed E-state index contributed by atoms with van der Waals surface area (Å²) in [6, 6.07) is 10.3. The van der Waals surface area contributed by atoms with Crippen LogP contribution in [0, 0.1) is 37.5 Å². The first-order valence-electron chi connectivity index (χ1n) is 11.5. The predicted octanol–water partition coefficient (Wildman–Crippen LogP) is 3.65. The van der Waals surface area contributed by atoms with E-state index in [1.165, 1.54) is 32.1 Å². The number of benzene rings is 1. The first-order valence-corrected chi connectivity index (χ1v) is 11.5. The highest BCUT2D eigenvalue weighted by atomic mass is 16.5. The lowest BCUT2D eigenvalue weighted by Crippen LogP contribution is -2.56. The van der Waals surface area contributed by atoms with E-state index >= 15 is 0 Å². The second-order valence-electron chi connectivity index (χ2n) is 9.79.